The summed E-state index contributed by atoms with van der Waals surface area (Å²) in [5, 5.41) is 5.52. The van der Waals surface area contributed by atoms with Crippen molar-refractivity contribution in [1.82, 2.24) is 35.1 Å². The molecule has 2 saturated heterocycles. The van der Waals surface area contributed by atoms with Crippen LogP contribution in [0.4, 0.5) is 0 Å². The number of likely N-dealkylation sites (N-methyl/N-ethyl adjacent to an activating group) is 1. The van der Waals surface area contributed by atoms with E-state index >= 15 is 0 Å². The number of methoxy groups -OCH3 is 1. The summed E-state index contributed by atoms with van der Waals surface area (Å²) in [6.45, 7) is 16.8. The lowest BCUT2D eigenvalue weighted by molar-refractivity contribution is -0.155. The number of fused-ring (bicyclic) bond motifs is 6. The molecule has 1 unspecified atom stereocenters. The number of rotatable bonds is 10. The molecule has 0 radical (unpaired) electrons. The Bertz CT molecular complexity index is 2610. The highest BCUT2D eigenvalue weighted by Crippen LogP contribution is 2.42. The number of hydrogen-bond acceptors (Lipinski definition) is 9. The molecule has 14 heteroatoms. The average molecular weight is 912 g/mol. The molecule has 3 aliphatic heterocycles. The lowest BCUT2D eigenvalue weighted by Gasteiger charge is -2.37. The van der Waals surface area contributed by atoms with Crippen LogP contribution in [-0.4, -0.2) is 112 Å². The van der Waals surface area contributed by atoms with Gasteiger partial charge in [-0.1, -0.05) is 70.5 Å². The first-order chi connectivity index (χ1) is 32.0. The van der Waals surface area contributed by atoms with Gasteiger partial charge in [0, 0.05) is 68.3 Å². The molecule has 0 spiro atoms. The van der Waals surface area contributed by atoms with E-state index in [-0.39, 0.29) is 43.4 Å². The lowest BCUT2D eigenvalue weighted by Crippen LogP contribution is -2.62. The van der Waals surface area contributed by atoms with Gasteiger partial charge >= 0.3 is 5.97 Å². The van der Waals surface area contributed by atoms with Crippen LogP contribution in [0, 0.1) is 29.1 Å². The third kappa shape index (κ3) is 10.5. The normalized spacial score (nSPS) is 20.6. The molecule has 67 heavy (non-hydrogen) atoms. The van der Waals surface area contributed by atoms with Crippen molar-refractivity contribution >= 4 is 40.5 Å². The van der Waals surface area contributed by atoms with Crippen molar-refractivity contribution in [3.8, 4) is 34.2 Å². The standard InChI is InChI=1S/C53H65N7O7/c1-10-12-24-59-44-21-20-37-29-40(44)41(48(59)39-18-14-23-54-46(39)34(5)66-9)30-53(6,7)32-67-52(65)42-19-15-25-60(56-42)51(64)43(28-35-16-13-17-36(37)27-35)55-49(62)47(33(3)4)57(8)50(63)38-22-26-58(31-38)45(61)11-2/h11,13-14,16-18,20-21,23,27,29,33-34,38,42-43,47,56H,2,15,19,22,24-26,28,30-32H2,1,3-9H3,(H,55,62)/t34-,38-,42-,43-,47?/m0/s1. The van der Waals surface area contributed by atoms with E-state index in [1.165, 1.54) is 16.0 Å². The van der Waals surface area contributed by atoms with Crippen LogP contribution in [-0.2, 0) is 52.8 Å². The van der Waals surface area contributed by atoms with Gasteiger partial charge < -0.3 is 29.2 Å². The highest BCUT2D eigenvalue weighted by Gasteiger charge is 2.40. The Kier molecular flexibility index (Phi) is 15.0. The number of carbonyl (C=O) groups is 5. The zero-order valence-corrected chi connectivity index (χ0v) is 40.2. The van der Waals surface area contributed by atoms with Crippen LogP contribution in [0.15, 0.2) is 73.4 Å². The summed E-state index contributed by atoms with van der Waals surface area (Å²) in [5.74, 6) is 3.78. The predicted octanol–water partition coefficient (Wildman–Crippen LogP) is 6.27. The minimum atomic E-state index is -1.06. The van der Waals surface area contributed by atoms with E-state index in [9.17, 15) is 24.0 Å². The number of esters is 1. The fourth-order valence-electron chi connectivity index (χ4n) is 9.88. The average Bonchev–Trinajstić information content (AvgIpc) is 3.94. The second-order valence-corrected chi connectivity index (χ2v) is 19.2. The molecule has 4 aromatic rings. The quantitative estimate of drug-likeness (QED) is 0.107. The fourth-order valence-corrected chi connectivity index (χ4v) is 9.88. The number of nitrogens with zero attached hydrogens (tertiary/aromatic N) is 5. The summed E-state index contributed by atoms with van der Waals surface area (Å²) in [6, 6.07) is 15.7. The first-order valence-electron chi connectivity index (χ1n) is 23.4. The maximum atomic E-state index is 14.7. The van der Waals surface area contributed by atoms with E-state index in [4.69, 9.17) is 14.5 Å². The van der Waals surface area contributed by atoms with Crippen LogP contribution < -0.4 is 10.7 Å². The molecule has 0 aliphatic carbocycles. The van der Waals surface area contributed by atoms with Crippen molar-refractivity contribution in [2.24, 2.45) is 17.3 Å². The summed E-state index contributed by atoms with van der Waals surface area (Å²) in [4.78, 5) is 77.3. The largest absolute Gasteiger partial charge is 0.464 e. The second kappa shape index (κ2) is 20.7. The molecule has 2 aromatic carbocycles. The Morgan fingerprint density at radius 3 is 2.58 bits per heavy atom. The molecule has 2 fully saturated rings. The molecule has 5 heterocycles. The molecular formula is C53H65N7O7. The van der Waals surface area contributed by atoms with Crippen molar-refractivity contribution in [2.75, 3.05) is 40.4 Å². The second-order valence-electron chi connectivity index (χ2n) is 19.2. The number of hydrazine groups is 1. The Hall–Kier alpha value is -6.30. The third-order valence-corrected chi connectivity index (χ3v) is 13.4. The topological polar surface area (TPSA) is 155 Å². The fraction of sp³-hybridized carbons (Fsp3) is 0.472. The van der Waals surface area contributed by atoms with E-state index in [2.05, 4.69) is 77.9 Å². The number of pyridine rings is 1. The summed E-state index contributed by atoms with van der Waals surface area (Å²) in [6.07, 6.45) is 4.88. The van der Waals surface area contributed by atoms with Gasteiger partial charge in [0.05, 0.1) is 36.6 Å². The van der Waals surface area contributed by atoms with Gasteiger partial charge in [0.2, 0.25) is 17.7 Å². The molecule has 354 valence electrons. The Balaban J connectivity index is 1.31. The predicted molar refractivity (Wildman–Crippen MR) is 258 cm³/mol. The van der Waals surface area contributed by atoms with Gasteiger partial charge in [-0.2, -0.15) is 0 Å². The van der Waals surface area contributed by atoms with E-state index < -0.39 is 47.2 Å². The number of nitrogens with one attached hydrogen (secondary N) is 2. The van der Waals surface area contributed by atoms with Crippen LogP contribution >= 0.6 is 0 Å². The molecule has 2 N–H and O–H groups in total. The first kappa shape index (κ1) is 48.6. The zero-order chi connectivity index (χ0) is 48.2. The van der Waals surface area contributed by atoms with Crippen LogP contribution in [0.1, 0.15) is 83.7 Å². The molecule has 6 bridgehead atoms. The van der Waals surface area contributed by atoms with Crippen LogP contribution in [0.3, 0.4) is 0 Å². The first-order valence-corrected chi connectivity index (χ1v) is 23.4. The number of ether oxygens (including phenoxy) is 2. The van der Waals surface area contributed by atoms with Gasteiger partial charge in [-0.3, -0.25) is 34.0 Å². The highest BCUT2D eigenvalue weighted by atomic mass is 16.5. The molecule has 4 amide bonds. The van der Waals surface area contributed by atoms with Crippen molar-refractivity contribution in [1.29, 1.82) is 0 Å². The minimum Gasteiger partial charge on any atom is -0.464 e. The van der Waals surface area contributed by atoms with Gasteiger partial charge in [0.1, 0.15) is 18.1 Å². The van der Waals surface area contributed by atoms with Gasteiger partial charge in [-0.15, -0.1) is 5.92 Å². The number of likely N-dealkylation sites (tertiary alicyclic amines) is 1. The maximum Gasteiger partial charge on any atom is 0.324 e. The highest BCUT2D eigenvalue weighted by molar-refractivity contribution is 5.96. The van der Waals surface area contributed by atoms with E-state index in [1.54, 1.807) is 25.3 Å². The number of benzene rings is 2. The smallest absolute Gasteiger partial charge is 0.324 e. The molecule has 3 aliphatic rings. The molecule has 0 saturated carbocycles. The molecular weight excluding hydrogens is 847 g/mol. The SMILES string of the molecule is C=CC(=O)N1CC[C@H](C(=O)N(C)C(C(=O)N[C@H]2Cc3cccc(c3)-c3ccc4c(c3)c(c(-c3cccnc3[C@H](C)OC)n4CC#CC)CC(C)(C)COC(=O)[C@@H]3CCCN(N3)C2=O)C(C)C)C1. The van der Waals surface area contributed by atoms with Gasteiger partial charge in [0.25, 0.3) is 5.91 Å². The number of amides is 4. The summed E-state index contributed by atoms with van der Waals surface area (Å²) in [5.41, 5.74) is 10.1. The Labute approximate surface area is 394 Å². The molecule has 2 aromatic heterocycles. The number of cyclic esters (lactones) is 1. The monoisotopic (exact) mass is 911 g/mol. The number of carbonyl (C=O) groups excluding carboxylic acids is 5. The summed E-state index contributed by atoms with van der Waals surface area (Å²) >= 11 is 0. The van der Waals surface area contributed by atoms with Crippen molar-refractivity contribution in [3.63, 3.8) is 0 Å². The van der Waals surface area contributed by atoms with Gasteiger partial charge in [0.15, 0.2) is 0 Å². The Morgan fingerprint density at radius 1 is 1.07 bits per heavy atom. The van der Waals surface area contributed by atoms with Gasteiger partial charge in [-0.25, -0.2) is 5.43 Å². The number of hydrogen-bond donors (Lipinski definition) is 2. The van der Waals surface area contributed by atoms with Crippen molar-refractivity contribution in [2.45, 2.75) is 104 Å². The molecule has 5 atom stereocenters. The molecule has 14 nitrogen and oxygen atoms in total. The van der Waals surface area contributed by atoms with E-state index in [0.717, 1.165) is 50.1 Å². The molecule has 7 rings (SSSR count). The van der Waals surface area contributed by atoms with Gasteiger partial charge in [-0.05, 0) is 98.0 Å². The summed E-state index contributed by atoms with van der Waals surface area (Å²) < 4.78 is 14.2. The van der Waals surface area contributed by atoms with Crippen molar-refractivity contribution < 1.29 is 33.4 Å². The summed E-state index contributed by atoms with van der Waals surface area (Å²) in [7, 11) is 3.28. The minimum absolute atomic E-state index is 0.111. The van der Waals surface area contributed by atoms with E-state index in [0.29, 0.717) is 45.3 Å². The zero-order valence-electron chi connectivity index (χ0n) is 40.2. The number of aromatic nitrogens is 2. The third-order valence-electron chi connectivity index (χ3n) is 13.4. The van der Waals surface area contributed by atoms with Crippen LogP contribution in [0.25, 0.3) is 33.3 Å². The van der Waals surface area contributed by atoms with Crippen LogP contribution in [0.5, 0.6) is 0 Å². The van der Waals surface area contributed by atoms with Crippen LogP contribution in [0.2, 0.25) is 0 Å². The lowest BCUT2D eigenvalue weighted by atomic mass is 9.84. The van der Waals surface area contributed by atoms with Crippen molar-refractivity contribution in [3.05, 3.63) is 90.3 Å². The Morgan fingerprint density at radius 2 is 1.85 bits per heavy atom. The maximum absolute atomic E-state index is 14.7. The van der Waals surface area contributed by atoms with E-state index in [1.807, 2.05) is 52.0 Å².